The molecule has 1 heteroatoms. The van der Waals surface area contributed by atoms with Gasteiger partial charge in [-0.25, -0.2) is 0 Å². The first-order valence-electron chi connectivity index (χ1n) is 8.10. The first kappa shape index (κ1) is 13.1. The third-order valence-electron chi connectivity index (χ3n) is 4.79. The lowest BCUT2D eigenvalue weighted by molar-refractivity contribution is 1.15. The van der Waals surface area contributed by atoms with Gasteiger partial charge in [-0.05, 0) is 52.4 Å². The van der Waals surface area contributed by atoms with Crippen LogP contribution in [0.25, 0.3) is 41.7 Å². The van der Waals surface area contributed by atoms with Gasteiger partial charge in [-0.1, -0.05) is 49.4 Å². The predicted molar refractivity (Wildman–Crippen MR) is 104 cm³/mol. The third kappa shape index (κ3) is 1.90. The summed E-state index contributed by atoms with van der Waals surface area (Å²) in [5.41, 5.74) is 1.41. The standard InChI is InChI=1S/C22H16S/c1-2-14-7-10-21-20(11-14)18-9-8-17-12-15-5-3-4-6-16(15)13-19(17)22(18)23-21/h3-13H,2H2,1H3. The fraction of sp³-hybridized carbons (Fsp3) is 0.0909. The molecular formula is C22H16S. The number of hydrogen-bond donors (Lipinski definition) is 0. The van der Waals surface area contributed by atoms with Gasteiger partial charge in [-0.15, -0.1) is 11.3 Å². The van der Waals surface area contributed by atoms with Crippen molar-refractivity contribution < 1.29 is 0 Å². The smallest absolute Gasteiger partial charge is 0.0434 e. The van der Waals surface area contributed by atoms with Gasteiger partial charge < -0.3 is 0 Å². The first-order chi connectivity index (χ1) is 11.3. The predicted octanol–water partition coefficient (Wildman–Crippen LogP) is 6.92. The Balaban J connectivity index is 1.96. The van der Waals surface area contributed by atoms with Gasteiger partial charge in [0.1, 0.15) is 0 Å². The molecule has 1 heterocycles. The second-order valence-corrected chi connectivity index (χ2v) is 7.20. The quantitative estimate of drug-likeness (QED) is 0.295. The Morgan fingerprint density at radius 2 is 1.52 bits per heavy atom. The average Bonchev–Trinajstić information content (AvgIpc) is 2.98. The van der Waals surface area contributed by atoms with Crippen molar-refractivity contribution in [1.82, 2.24) is 0 Å². The zero-order chi connectivity index (χ0) is 15.4. The molecule has 0 bridgehead atoms. The summed E-state index contributed by atoms with van der Waals surface area (Å²) in [6.07, 6.45) is 1.09. The topological polar surface area (TPSA) is 0 Å². The van der Waals surface area contributed by atoms with Crippen LogP contribution in [0.5, 0.6) is 0 Å². The van der Waals surface area contributed by atoms with Crippen LogP contribution in [0.4, 0.5) is 0 Å². The van der Waals surface area contributed by atoms with Crippen molar-refractivity contribution in [2.45, 2.75) is 13.3 Å². The monoisotopic (exact) mass is 312 g/mol. The van der Waals surface area contributed by atoms with E-state index in [4.69, 9.17) is 0 Å². The van der Waals surface area contributed by atoms with Crippen LogP contribution < -0.4 is 0 Å². The zero-order valence-corrected chi connectivity index (χ0v) is 13.8. The summed E-state index contributed by atoms with van der Waals surface area (Å²) in [6, 6.07) is 24.8. The Kier molecular flexibility index (Phi) is 2.74. The highest BCUT2D eigenvalue weighted by atomic mass is 32.1. The van der Waals surface area contributed by atoms with Crippen LogP contribution in [0.15, 0.2) is 66.7 Å². The number of rotatable bonds is 1. The van der Waals surface area contributed by atoms with Crippen molar-refractivity contribution in [3.8, 4) is 0 Å². The van der Waals surface area contributed by atoms with E-state index in [1.165, 1.54) is 47.3 Å². The minimum absolute atomic E-state index is 1.09. The van der Waals surface area contributed by atoms with Crippen LogP contribution in [0, 0.1) is 0 Å². The molecule has 0 N–H and O–H groups in total. The molecule has 5 aromatic rings. The van der Waals surface area contributed by atoms with E-state index in [9.17, 15) is 0 Å². The molecule has 4 aromatic carbocycles. The van der Waals surface area contributed by atoms with Crippen LogP contribution >= 0.6 is 11.3 Å². The lowest BCUT2D eigenvalue weighted by Gasteiger charge is -2.03. The van der Waals surface area contributed by atoms with Crippen molar-refractivity contribution >= 4 is 53.1 Å². The molecule has 0 aliphatic heterocycles. The average molecular weight is 312 g/mol. The van der Waals surface area contributed by atoms with E-state index in [2.05, 4.69) is 73.7 Å². The van der Waals surface area contributed by atoms with E-state index < -0.39 is 0 Å². The molecule has 0 aliphatic carbocycles. The summed E-state index contributed by atoms with van der Waals surface area (Å²) in [6.45, 7) is 2.22. The second kappa shape index (κ2) is 4.81. The molecular weight excluding hydrogens is 296 g/mol. The molecule has 0 spiro atoms. The highest BCUT2D eigenvalue weighted by Gasteiger charge is 2.09. The Labute approximate surface area is 139 Å². The fourth-order valence-corrected chi connectivity index (χ4v) is 4.72. The Morgan fingerprint density at radius 3 is 2.35 bits per heavy atom. The van der Waals surface area contributed by atoms with Gasteiger partial charge in [0.05, 0.1) is 0 Å². The highest BCUT2D eigenvalue weighted by Crippen LogP contribution is 2.39. The SMILES string of the molecule is CCc1ccc2sc3c4cc5ccccc5cc4ccc3c2c1. The van der Waals surface area contributed by atoms with E-state index in [-0.39, 0.29) is 0 Å². The van der Waals surface area contributed by atoms with Gasteiger partial charge in [0.15, 0.2) is 0 Å². The maximum Gasteiger partial charge on any atom is 0.0434 e. The van der Waals surface area contributed by atoms with E-state index >= 15 is 0 Å². The van der Waals surface area contributed by atoms with Crippen molar-refractivity contribution in [1.29, 1.82) is 0 Å². The summed E-state index contributed by atoms with van der Waals surface area (Å²) in [5, 5.41) is 8.13. The molecule has 0 atom stereocenters. The molecule has 0 fully saturated rings. The molecule has 0 amide bonds. The summed E-state index contributed by atoms with van der Waals surface area (Å²) in [5.74, 6) is 0. The van der Waals surface area contributed by atoms with E-state index in [0.29, 0.717) is 0 Å². The van der Waals surface area contributed by atoms with Crippen molar-refractivity contribution in [2.75, 3.05) is 0 Å². The zero-order valence-electron chi connectivity index (χ0n) is 13.0. The van der Waals surface area contributed by atoms with E-state index in [1.807, 2.05) is 11.3 Å². The molecule has 23 heavy (non-hydrogen) atoms. The van der Waals surface area contributed by atoms with Gasteiger partial charge in [0, 0.05) is 25.6 Å². The summed E-state index contributed by atoms with van der Waals surface area (Å²) in [7, 11) is 0. The van der Waals surface area contributed by atoms with Crippen LogP contribution in [-0.2, 0) is 6.42 Å². The lowest BCUT2D eigenvalue weighted by Crippen LogP contribution is -1.78. The molecule has 0 aliphatic rings. The molecule has 0 saturated heterocycles. The first-order valence-corrected chi connectivity index (χ1v) is 8.92. The van der Waals surface area contributed by atoms with Gasteiger partial charge >= 0.3 is 0 Å². The molecule has 110 valence electrons. The number of aryl methyl sites for hydroxylation is 1. The van der Waals surface area contributed by atoms with E-state index in [0.717, 1.165) is 6.42 Å². The van der Waals surface area contributed by atoms with E-state index in [1.54, 1.807) is 0 Å². The van der Waals surface area contributed by atoms with Crippen molar-refractivity contribution in [2.24, 2.45) is 0 Å². The maximum atomic E-state index is 2.36. The lowest BCUT2D eigenvalue weighted by atomic mass is 10.0. The number of thiophene rings is 1. The second-order valence-electron chi connectivity index (χ2n) is 6.15. The summed E-state index contributed by atoms with van der Waals surface area (Å²) < 4.78 is 2.80. The fourth-order valence-electron chi connectivity index (χ4n) is 3.51. The van der Waals surface area contributed by atoms with Crippen LogP contribution in [0.3, 0.4) is 0 Å². The molecule has 5 rings (SSSR count). The highest BCUT2D eigenvalue weighted by molar-refractivity contribution is 7.26. The molecule has 0 nitrogen and oxygen atoms in total. The number of fused-ring (bicyclic) bond motifs is 6. The molecule has 0 saturated carbocycles. The Hall–Kier alpha value is -2.38. The van der Waals surface area contributed by atoms with Gasteiger partial charge in [-0.2, -0.15) is 0 Å². The Bertz CT molecular complexity index is 1190. The number of hydrogen-bond acceptors (Lipinski definition) is 1. The summed E-state index contributed by atoms with van der Waals surface area (Å²) in [4.78, 5) is 0. The van der Waals surface area contributed by atoms with Crippen LogP contribution in [-0.4, -0.2) is 0 Å². The van der Waals surface area contributed by atoms with Crippen molar-refractivity contribution in [3.05, 3.63) is 72.3 Å². The minimum Gasteiger partial charge on any atom is -0.135 e. The van der Waals surface area contributed by atoms with Crippen LogP contribution in [0.1, 0.15) is 12.5 Å². The van der Waals surface area contributed by atoms with Gasteiger partial charge in [0.25, 0.3) is 0 Å². The normalized spacial score (nSPS) is 11.9. The van der Waals surface area contributed by atoms with Crippen LogP contribution in [0.2, 0.25) is 0 Å². The van der Waals surface area contributed by atoms with Crippen molar-refractivity contribution in [3.63, 3.8) is 0 Å². The van der Waals surface area contributed by atoms with Gasteiger partial charge in [0.2, 0.25) is 0 Å². The minimum atomic E-state index is 1.09. The largest absolute Gasteiger partial charge is 0.135 e. The number of benzene rings is 4. The Morgan fingerprint density at radius 1 is 0.696 bits per heavy atom. The molecule has 0 unspecified atom stereocenters. The molecule has 1 aromatic heterocycles. The summed E-state index contributed by atoms with van der Waals surface area (Å²) >= 11 is 1.92. The third-order valence-corrected chi connectivity index (χ3v) is 6.01. The van der Waals surface area contributed by atoms with Gasteiger partial charge in [-0.3, -0.25) is 0 Å². The maximum absolute atomic E-state index is 2.36. The molecule has 0 radical (unpaired) electrons.